The third kappa shape index (κ3) is 8.29. The molecular formula is C36H37O19+. The van der Waals surface area contributed by atoms with Crippen LogP contribution in [-0.4, -0.2) is 142 Å². The lowest BCUT2D eigenvalue weighted by Gasteiger charge is -2.39. The Hall–Kier alpha value is -5.48. The van der Waals surface area contributed by atoms with E-state index in [2.05, 4.69) is 0 Å². The molecule has 19 nitrogen and oxygen atoms in total. The molecule has 2 aliphatic rings. The van der Waals surface area contributed by atoms with Crippen LogP contribution in [0.15, 0.2) is 65.1 Å². The summed E-state index contributed by atoms with van der Waals surface area (Å²) in [5, 5.41) is 123. The van der Waals surface area contributed by atoms with E-state index in [-0.39, 0.29) is 39.5 Å². The van der Waals surface area contributed by atoms with E-state index in [0.717, 1.165) is 30.3 Å². The second kappa shape index (κ2) is 16.1. The fraction of sp³-hybridized carbons (Fsp3) is 0.333. The molecule has 6 rings (SSSR count). The van der Waals surface area contributed by atoms with Gasteiger partial charge in [0, 0.05) is 24.3 Å². The van der Waals surface area contributed by atoms with Crippen molar-refractivity contribution < 1.29 is 94.2 Å². The highest BCUT2D eigenvalue weighted by Gasteiger charge is 2.47. The summed E-state index contributed by atoms with van der Waals surface area (Å²) in [6.45, 7) is -1.42. The van der Waals surface area contributed by atoms with E-state index in [9.17, 15) is 66.1 Å². The Morgan fingerprint density at radius 3 is 1.91 bits per heavy atom. The fourth-order valence-corrected chi connectivity index (χ4v) is 5.81. The smallest absolute Gasteiger partial charge is 0.402 e. The lowest BCUT2D eigenvalue weighted by atomic mass is 9.99. The molecule has 0 radical (unpaired) electrons. The summed E-state index contributed by atoms with van der Waals surface area (Å²) < 4.78 is 34.2. The minimum absolute atomic E-state index is 0.0124. The summed E-state index contributed by atoms with van der Waals surface area (Å²) in [5.41, 5.74) is 0.288. The van der Waals surface area contributed by atoms with Crippen molar-refractivity contribution in [1.82, 2.24) is 0 Å². The van der Waals surface area contributed by atoms with Crippen molar-refractivity contribution >= 4 is 23.0 Å². The molecule has 294 valence electrons. The largest absolute Gasteiger partial charge is 0.507 e. The topological polar surface area (TPSA) is 317 Å². The van der Waals surface area contributed by atoms with Gasteiger partial charge in [-0.3, -0.25) is 0 Å². The maximum atomic E-state index is 12.5. The van der Waals surface area contributed by atoms with E-state index in [1.807, 2.05) is 0 Å². The Kier molecular flexibility index (Phi) is 11.5. The van der Waals surface area contributed by atoms with Gasteiger partial charge in [-0.25, -0.2) is 9.21 Å². The van der Waals surface area contributed by atoms with Crippen molar-refractivity contribution in [2.75, 3.05) is 13.2 Å². The van der Waals surface area contributed by atoms with Gasteiger partial charge >= 0.3 is 17.3 Å². The normalized spacial score (nSPS) is 28.3. The van der Waals surface area contributed by atoms with Crippen LogP contribution in [0.3, 0.4) is 0 Å². The third-order valence-corrected chi connectivity index (χ3v) is 8.84. The Morgan fingerprint density at radius 2 is 1.27 bits per heavy atom. The van der Waals surface area contributed by atoms with Gasteiger partial charge in [-0.15, -0.1) is 0 Å². The number of hydrogen-bond donors (Lipinski definition) is 12. The number of rotatable bonds is 10. The summed E-state index contributed by atoms with van der Waals surface area (Å²) in [7, 11) is 0. The van der Waals surface area contributed by atoms with E-state index in [0.29, 0.717) is 5.56 Å². The van der Waals surface area contributed by atoms with Crippen molar-refractivity contribution in [2.45, 2.75) is 61.4 Å². The zero-order chi connectivity index (χ0) is 39.7. The van der Waals surface area contributed by atoms with Crippen LogP contribution < -0.4 is 9.47 Å². The van der Waals surface area contributed by atoms with E-state index in [1.54, 1.807) is 0 Å². The zero-order valence-electron chi connectivity index (χ0n) is 28.3. The summed E-state index contributed by atoms with van der Waals surface area (Å²) in [4.78, 5) is 12.5. The minimum atomic E-state index is -1.94. The van der Waals surface area contributed by atoms with Crippen molar-refractivity contribution in [3.05, 3.63) is 66.2 Å². The lowest BCUT2D eigenvalue weighted by Crippen LogP contribution is -2.60. The van der Waals surface area contributed by atoms with Crippen LogP contribution in [0.2, 0.25) is 0 Å². The predicted octanol–water partition coefficient (Wildman–Crippen LogP) is -0.469. The van der Waals surface area contributed by atoms with Crippen molar-refractivity contribution in [2.24, 2.45) is 0 Å². The number of carbonyl (C=O) groups is 1. The number of esters is 1. The Labute approximate surface area is 309 Å². The van der Waals surface area contributed by atoms with Crippen molar-refractivity contribution in [3.8, 4) is 51.6 Å². The quantitative estimate of drug-likeness (QED) is 0.0419. The van der Waals surface area contributed by atoms with Gasteiger partial charge in [0.1, 0.15) is 72.3 Å². The Morgan fingerprint density at radius 1 is 0.673 bits per heavy atom. The van der Waals surface area contributed by atoms with Gasteiger partial charge in [0.05, 0.1) is 18.2 Å². The van der Waals surface area contributed by atoms with Crippen LogP contribution in [0.1, 0.15) is 5.56 Å². The molecule has 2 aliphatic heterocycles. The van der Waals surface area contributed by atoms with Gasteiger partial charge in [0.15, 0.2) is 23.0 Å². The Bertz CT molecular complexity index is 2050. The van der Waals surface area contributed by atoms with Gasteiger partial charge < -0.3 is 85.0 Å². The first kappa shape index (κ1) is 39.2. The number of fused-ring (bicyclic) bond motifs is 1. The number of aliphatic hydroxyl groups excluding tert-OH is 7. The van der Waals surface area contributed by atoms with Crippen molar-refractivity contribution in [1.29, 1.82) is 0 Å². The summed E-state index contributed by atoms with van der Waals surface area (Å²) in [6.07, 6.45) is -15.1. The first-order valence-electron chi connectivity index (χ1n) is 16.5. The van der Waals surface area contributed by atoms with Crippen LogP contribution in [0.4, 0.5) is 0 Å². The first-order valence-corrected chi connectivity index (χ1v) is 16.5. The average molecular weight is 774 g/mol. The molecule has 2 fully saturated rings. The second-order valence-electron chi connectivity index (χ2n) is 12.7. The van der Waals surface area contributed by atoms with Crippen LogP contribution >= 0.6 is 0 Å². The highest BCUT2D eigenvalue weighted by Crippen LogP contribution is 2.43. The molecule has 10 unspecified atom stereocenters. The predicted molar refractivity (Wildman–Crippen MR) is 183 cm³/mol. The van der Waals surface area contributed by atoms with Crippen LogP contribution in [0.25, 0.3) is 28.4 Å². The molecule has 0 bridgehead atoms. The molecule has 1 aromatic heterocycles. The number of hydrogen-bond acceptors (Lipinski definition) is 18. The molecule has 19 heteroatoms. The highest BCUT2D eigenvalue weighted by molar-refractivity contribution is 5.89. The zero-order valence-corrected chi connectivity index (χ0v) is 28.3. The number of aliphatic hydroxyl groups is 7. The highest BCUT2D eigenvalue weighted by atomic mass is 16.7. The van der Waals surface area contributed by atoms with E-state index >= 15 is 0 Å². The van der Waals surface area contributed by atoms with E-state index in [4.69, 9.17) is 28.1 Å². The number of carbonyl (C=O) groups excluding carboxylic acids is 1. The summed E-state index contributed by atoms with van der Waals surface area (Å²) in [6, 6.07) is 10.8. The van der Waals surface area contributed by atoms with Gasteiger partial charge in [0.25, 0.3) is 0 Å². The molecule has 4 aromatic rings. The summed E-state index contributed by atoms with van der Waals surface area (Å²) in [5.74, 6) is -3.99. The van der Waals surface area contributed by atoms with Gasteiger partial charge in [0.2, 0.25) is 18.3 Å². The molecule has 2 saturated heterocycles. The molecule has 0 spiro atoms. The minimum Gasteiger partial charge on any atom is -0.507 e. The number of benzene rings is 3. The van der Waals surface area contributed by atoms with Gasteiger partial charge in [-0.2, -0.15) is 0 Å². The van der Waals surface area contributed by atoms with Crippen LogP contribution in [0, 0.1) is 0 Å². The van der Waals surface area contributed by atoms with Gasteiger partial charge in [-0.05, 0) is 35.9 Å². The van der Waals surface area contributed by atoms with E-state index in [1.165, 1.54) is 36.4 Å². The van der Waals surface area contributed by atoms with E-state index < -0.39 is 104 Å². The molecule has 3 aromatic carbocycles. The number of phenols is 5. The number of ether oxygens (including phenoxy) is 5. The third-order valence-electron chi connectivity index (χ3n) is 8.84. The molecule has 0 saturated carbocycles. The Balaban J connectivity index is 1.31. The second-order valence-corrected chi connectivity index (χ2v) is 12.7. The molecule has 55 heavy (non-hydrogen) atoms. The lowest BCUT2D eigenvalue weighted by molar-refractivity contribution is -0.278. The molecule has 0 aliphatic carbocycles. The molecule has 0 amide bonds. The SMILES string of the molecule is O=C(C=Cc1ccc(O)c(O)c1)OCC1OC(Oc2cc3c(OC4OC(CO)C(O)C(O)C4O)cc(O)cc3[o+]c2-c2ccc(O)c(O)c2)C(O)C(O)C1O. The standard InChI is InChI=1S/C36H36O19/c37-12-25-28(44)30(46)32(48)35(54-25)52-23-10-16(38)9-22-17(23)11-24(34(51-22)15-3-5-19(40)21(42)8-15)53-36-33(49)31(47)29(45)26(55-36)13-50-27(43)6-2-14-1-4-18(39)20(41)7-14/h1-11,25-26,28-33,35-37,44-49H,12-13H2,(H4-,38,39,40,41,42,43)/p+1. The molecular weight excluding hydrogens is 736 g/mol. The van der Waals surface area contributed by atoms with Crippen molar-refractivity contribution in [3.63, 3.8) is 0 Å². The van der Waals surface area contributed by atoms with Crippen LogP contribution in [0.5, 0.6) is 40.2 Å². The fourth-order valence-electron chi connectivity index (χ4n) is 5.81. The maximum Gasteiger partial charge on any atom is 0.402 e. The average Bonchev–Trinajstić information content (AvgIpc) is 3.16. The molecule has 10 atom stereocenters. The molecule has 12 N–H and O–H groups in total. The monoisotopic (exact) mass is 773 g/mol. The van der Waals surface area contributed by atoms with Gasteiger partial charge in [-0.1, -0.05) is 6.07 Å². The summed E-state index contributed by atoms with van der Waals surface area (Å²) >= 11 is 0. The maximum absolute atomic E-state index is 12.5. The number of phenolic OH excluding ortho intramolecular Hbond substituents is 5. The number of aromatic hydroxyl groups is 5. The van der Waals surface area contributed by atoms with Crippen LogP contribution in [-0.2, 0) is 19.0 Å². The first-order chi connectivity index (χ1) is 26.1. The molecule has 3 heterocycles.